The minimum absolute atomic E-state index is 0.212. The first kappa shape index (κ1) is 21.3. The van der Waals surface area contributed by atoms with Gasteiger partial charge in [-0.15, -0.1) is 5.10 Å². The van der Waals surface area contributed by atoms with Gasteiger partial charge in [0.25, 0.3) is 0 Å². The van der Waals surface area contributed by atoms with Crippen molar-refractivity contribution in [2.45, 2.75) is 51.2 Å². The number of nitrogens with zero attached hydrogens (tertiary/aromatic N) is 3. The highest BCUT2D eigenvalue weighted by Gasteiger charge is 2.27. The minimum atomic E-state index is -1.28. The first-order valence-electron chi connectivity index (χ1n) is 10.2. The fourth-order valence-electron chi connectivity index (χ4n) is 3.79. The number of hydrogen-bond donors (Lipinski definition) is 2. The van der Waals surface area contributed by atoms with Gasteiger partial charge in [-0.1, -0.05) is 0 Å². The van der Waals surface area contributed by atoms with Crippen LogP contribution in [0.2, 0.25) is 0 Å². The van der Waals surface area contributed by atoms with E-state index in [1.807, 2.05) is 10.7 Å². The molecule has 0 aliphatic carbocycles. The molecule has 9 heteroatoms. The summed E-state index contributed by atoms with van der Waals surface area (Å²) in [5.41, 5.74) is 1.03. The number of aryl methyl sites for hydroxylation is 2. The molecule has 1 aromatic rings. The standard InChI is InChI=1S/C20H29N3O6/c24-19(25)13-16(20(26)27)17-14-22(8-5-11-28-17)7-3-4-10-29-18-12-15-6-1-2-9-23(15)21-18/h12-13,17H,1-11,14H2,(H,24,25)(H,26,27)/b16-13-. The SMILES string of the molecule is O=C(O)/C=C(\C(=O)O)C1CN(CCCCOc2cc3n(n2)CCCC3)CCCO1. The maximum atomic E-state index is 11.4. The van der Waals surface area contributed by atoms with E-state index in [9.17, 15) is 14.7 Å². The Balaban J connectivity index is 1.43. The molecular weight excluding hydrogens is 378 g/mol. The average molecular weight is 407 g/mol. The van der Waals surface area contributed by atoms with Crippen molar-refractivity contribution in [3.8, 4) is 5.88 Å². The highest BCUT2D eigenvalue weighted by molar-refractivity contribution is 5.95. The van der Waals surface area contributed by atoms with Crippen LogP contribution in [0.15, 0.2) is 17.7 Å². The molecular formula is C20H29N3O6. The Bertz CT molecular complexity index is 721. The van der Waals surface area contributed by atoms with Crippen molar-refractivity contribution >= 4 is 11.9 Å². The third-order valence-electron chi connectivity index (χ3n) is 5.25. The lowest BCUT2D eigenvalue weighted by Gasteiger charge is -2.23. The molecule has 1 unspecified atom stereocenters. The Morgan fingerprint density at radius 3 is 2.86 bits per heavy atom. The van der Waals surface area contributed by atoms with Crippen LogP contribution in [-0.2, 0) is 27.3 Å². The van der Waals surface area contributed by atoms with Crippen LogP contribution in [0.1, 0.15) is 37.8 Å². The van der Waals surface area contributed by atoms with Crippen molar-refractivity contribution < 1.29 is 29.3 Å². The largest absolute Gasteiger partial charge is 0.478 e. The molecule has 1 saturated heterocycles. The fraction of sp³-hybridized carbons (Fsp3) is 0.650. The third kappa shape index (κ3) is 6.30. The van der Waals surface area contributed by atoms with Crippen LogP contribution in [-0.4, -0.2) is 75.8 Å². The summed E-state index contributed by atoms with van der Waals surface area (Å²) >= 11 is 0. The van der Waals surface area contributed by atoms with E-state index in [1.165, 1.54) is 18.5 Å². The Kier molecular flexibility index (Phi) is 7.65. The van der Waals surface area contributed by atoms with Crippen LogP contribution in [0.5, 0.6) is 5.88 Å². The highest BCUT2D eigenvalue weighted by Crippen LogP contribution is 2.19. The third-order valence-corrected chi connectivity index (χ3v) is 5.25. The molecule has 0 saturated carbocycles. The monoisotopic (exact) mass is 407 g/mol. The summed E-state index contributed by atoms with van der Waals surface area (Å²) in [6.07, 6.45) is 5.97. The number of carboxylic acids is 2. The van der Waals surface area contributed by atoms with Gasteiger partial charge >= 0.3 is 11.9 Å². The zero-order valence-electron chi connectivity index (χ0n) is 16.6. The number of carboxylic acid groups (broad SMARTS) is 2. The summed E-state index contributed by atoms with van der Waals surface area (Å²) in [7, 11) is 0. The van der Waals surface area contributed by atoms with Gasteiger partial charge in [0.2, 0.25) is 5.88 Å². The van der Waals surface area contributed by atoms with E-state index < -0.39 is 18.0 Å². The predicted octanol–water partition coefficient (Wildman–Crippen LogP) is 1.56. The number of aliphatic carboxylic acids is 2. The van der Waals surface area contributed by atoms with Crippen molar-refractivity contribution in [1.29, 1.82) is 0 Å². The maximum Gasteiger partial charge on any atom is 0.334 e. The van der Waals surface area contributed by atoms with Crippen LogP contribution in [0.25, 0.3) is 0 Å². The van der Waals surface area contributed by atoms with Gasteiger partial charge in [0.15, 0.2) is 0 Å². The number of fused-ring (bicyclic) bond motifs is 1. The molecule has 2 aliphatic rings. The Morgan fingerprint density at radius 2 is 2.10 bits per heavy atom. The molecule has 2 N–H and O–H groups in total. The quantitative estimate of drug-likeness (QED) is 0.468. The van der Waals surface area contributed by atoms with Crippen molar-refractivity contribution in [1.82, 2.24) is 14.7 Å². The minimum Gasteiger partial charge on any atom is -0.478 e. The number of carbonyl (C=O) groups is 2. The highest BCUT2D eigenvalue weighted by atomic mass is 16.5. The molecule has 3 heterocycles. The fourth-order valence-corrected chi connectivity index (χ4v) is 3.79. The van der Waals surface area contributed by atoms with Crippen molar-refractivity contribution in [2.24, 2.45) is 0 Å². The van der Waals surface area contributed by atoms with Crippen LogP contribution in [0.3, 0.4) is 0 Å². The number of unbranched alkanes of at least 4 members (excludes halogenated alkanes) is 1. The lowest BCUT2D eigenvalue weighted by atomic mass is 10.1. The van der Waals surface area contributed by atoms with Crippen LogP contribution < -0.4 is 4.74 Å². The molecule has 0 spiro atoms. The van der Waals surface area contributed by atoms with Crippen molar-refractivity contribution in [2.75, 3.05) is 32.8 Å². The molecule has 1 fully saturated rings. The van der Waals surface area contributed by atoms with Crippen LogP contribution in [0, 0.1) is 0 Å². The molecule has 160 valence electrons. The lowest BCUT2D eigenvalue weighted by molar-refractivity contribution is -0.136. The van der Waals surface area contributed by atoms with Gasteiger partial charge in [0.05, 0.1) is 12.2 Å². The van der Waals surface area contributed by atoms with Gasteiger partial charge < -0.3 is 24.6 Å². The van der Waals surface area contributed by atoms with E-state index in [1.54, 1.807) is 0 Å². The van der Waals surface area contributed by atoms with Crippen molar-refractivity contribution in [3.05, 3.63) is 23.4 Å². The smallest absolute Gasteiger partial charge is 0.334 e. The van der Waals surface area contributed by atoms with Crippen LogP contribution >= 0.6 is 0 Å². The molecule has 29 heavy (non-hydrogen) atoms. The second-order valence-corrected chi connectivity index (χ2v) is 7.47. The zero-order chi connectivity index (χ0) is 20.6. The number of ether oxygens (including phenoxy) is 2. The number of rotatable bonds is 9. The molecule has 0 bridgehead atoms. The molecule has 0 amide bonds. The summed E-state index contributed by atoms with van der Waals surface area (Å²) < 4.78 is 13.4. The van der Waals surface area contributed by atoms with Crippen LogP contribution in [0.4, 0.5) is 0 Å². The molecule has 0 radical (unpaired) electrons. The summed E-state index contributed by atoms with van der Waals surface area (Å²) in [6.45, 7) is 3.92. The summed E-state index contributed by atoms with van der Waals surface area (Å²) in [6, 6.07) is 2.03. The van der Waals surface area contributed by atoms with Gasteiger partial charge in [-0.05, 0) is 45.1 Å². The molecule has 0 aromatic carbocycles. The first-order chi connectivity index (χ1) is 14.0. The molecule has 1 aromatic heterocycles. The Hall–Kier alpha value is -2.39. The van der Waals surface area contributed by atoms with E-state index in [-0.39, 0.29) is 5.57 Å². The van der Waals surface area contributed by atoms with Gasteiger partial charge in [0.1, 0.15) is 6.10 Å². The van der Waals surface area contributed by atoms with Crippen molar-refractivity contribution in [3.63, 3.8) is 0 Å². The number of hydrogen-bond acceptors (Lipinski definition) is 6. The van der Waals surface area contributed by atoms with E-state index >= 15 is 0 Å². The second-order valence-electron chi connectivity index (χ2n) is 7.47. The first-order valence-corrected chi connectivity index (χ1v) is 10.2. The van der Waals surface area contributed by atoms with Gasteiger partial charge in [-0.2, -0.15) is 0 Å². The average Bonchev–Trinajstić information content (AvgIpc) is 2.95. The molecule has 1 atom stereocenters. The second kappa shape index (κ2) is 10.4. The Labute approximate surface area is 169 Å². The summed E-state index contributed by atoms with van der Waals surface area (Å²) in [5, 5.41) is 22.7. The van der Waals surface area contributed by atoms with E-state index in [0.717, 1.165) is 51.4 Å². The normalized spacial score (nSPS) is 20.7. The molecule has 2 aliphatic heterocycles. The van der Waals surface area contributed by atoms with E-state index in [4.69, 9.17) is 14.6 Å². The van der Waals surface area contributed by atoms with E-state index in [0.29, 0.717) is 25.6 Å². The molecule has 3 rings (SSSR count). The van der Waals surface area contributed by atoms with Gasteiger partial charge in [-0.3, -0.25) is 4.68 Å². The Morgan fingerprint density at radius 1 is 1.24 bits per heavy atom. The summed E-state index contributed by atoms with van der Waals surface area (Å²) in [5.74, 6) is -1.84. The van der Waals surface area contributed by atoms with Gasteiger partial charge in [0, 0.05) is 44.1 Å². The van der Waals surface area contributed by atoms with E-state index in [2.05, 4.69) is 10.00 Å². The topological polar surface area (TPSA) is 114 Å². The lowest BCUT2D eigenvalue weighted by Crippen LogP contribution is -2.35. The maximum absolute atomic E-state index is 11.4. The zero-order valence-corrected chi connectivity index (χ0v) is 16.6. The summed E-state index contributed by atoms with van der Waals surface area (Å²) in [4.78, 5) is 24.5. The predicted molar refractivity (Wildman–Crippen MR) is 104 cm³/mol. The number of aromatic nitrogens is 2. The molecule has 9 nitrogen and oxygen atoms in total. The van der Waals surface area contributed by atoms with Gasteiger partial charge in [-0.25, -0.2) is 9.59 Å².